The molecule has 29 heavy (non-hydrogen) atoms. The normalized spacial score (nSPS) is 21.9. The first-order chi connectivity index (χ1) is 14.0. The third kappa shape index (κ3) is 3.21. The number of piperazine rings is 1. The van der Waals surface area contributed by atoms with Crippen molar-refractivity contribution in [2.24, 2.45) is 0 Å². The number of aliphatic hydroxyl groups is 1. The maximum Gasteiger partial charge on any atom is 0.254 e. The van der Waals surface area contributed by atoms with Gasteiger partial charge >= 0.3 is 0 Å². The Bertz CT molecular complexity index is 935. The molecule has 0 atom stereocenters. The van der Waals surface area contributed by atoms with E-state index < -0.39 is 5.60 Å². The highest BCUT2D eigenvalue weighted by Crippen LogP contribution is 2.37. The first kappa shape index (κ1) is 18.0. The molecule has 3 aliphatic heterocycles. The van der Waals surface area contributed by atoms with E-state index in [4.69, 9.17) is 4.74 Å². The molecule has 150 valence electrons. The minimum atomic E-state index is -1.14. The second-order valence-corrected chi connectivity index (χ2v) is 7.81. The van der Waals surface area contributed by atoms with Crippen LogP contribution in [0.3, 0.4) is 0 Å². The quantitative estimate of drug-likeness (QED) is 0.845. The van der Waals surface area contributed by atoms with Crippen molar-refractivity contribution in [1.29, 1.82) is 0 Å². The molecule has 0 radical (unpaired) electrons. The Kier molecular flexibility index (Phi) is 4.20. The predicted octanol–water partition coefficient (Wildman–Crippen LogP) is 1.63. The van der Waals surface area contributed by atoms with Gasteiger partial charge < -0.3 is 24.5 Å². The Balaban J connectivity index is 1.23. The molecular weight excluding hydrogens is 370 g/mol. The Labute approximate surface area is 169 Å². The van der Waals surface area contributed by atoms with Gasteiger partial charge in [-0.05, 0) is 55.3 Å². The molecule has 1 saturated heterocycles. The van der Waals surface area contributed by atoms with E-state index in [1.165, 1.54) is 0 Å². The molecule has 7 heteroatoms. The predicted molar refractivity (Wildman–Crippen MR) is 107 cm³/mol. The fraction of sp³-hybridized carbons (Fsp3) is 0.364. The number of hydrogen-bond acceptors (Lipinski definition) is 5. The number of ether oxygens (including phenoxy) is 1. The Morgan fingerprint density at radius 2 is 1.69 bits per heavy atom. The largest absolute Gasteiger partial charge is 0.487 e. The lowest BCUT2D eigenvalue weighted by Gasteiger charge is -2.35. The number of amides is 2. The molecule has 0 bridgehead atoms. The van der Waals surface area contributed by atoms with Crippen molar-refractivity contribution in [3.63, 3.8) is 0 Å². The zero-order chi connectivity index (χ0) is 20.0. The summed E-state index contributed by atoms with van der Waals surface area (Å²) in [6, 6.07) is 7.54. The topological polar surface area (TPSA) is 73.3 Å². The average Bonchev–Trinajstić information content (AvgIpc) is 3.33. The molecule has 1 aromatic rings. The number of anilines is 1. The summed E-state index contributed by atoms with van der Waals surface area (Å²) in [5.41, 5.74) is 1.47. The summed E-state index contributed by atoms with van der Waals surface area (Å²) in [6.45, 7) is 2.46. The lowest BCUT2D eigenvalue weighted by atomic mass is 10.1. The van der Waals surface area contributed by atoms with Gasteiger partial charge in [0.1, 0.15) is 18.0 Å². The molecule has 2 fully saturated rings. The maximum absolute atomic E-state index is 12.9. The minimum Gasteiger partial charge on any atom is -0.487 e. The molecular formula is C22H23N3O4. The van der Waals surface area contributed by atoms with Crippen molar-refractivity contribution in [2.75, 3.05) is 37.7 Å². The van der Waals surface area contributed by atoms with E-state index in [9.17, 15) is 14.7 Å². The van der Waals surface area contributed by atoms with E-state index >= 15 is 0 Å². The number of carbonyl (C=O) groups is 2. The number of hydrogen-bond donors (Lipinski definition) is 1. The highest BCUT2D eigenvalue weighted by molar-refractivity contribution is 5.95. The second-order valence-electron chi connectivity index (χ2n) is 7.81. The van der Waals surface area contributed by atoms with Gasteiger partial charge in [-0.25, -0.2) is 0 Å². The molecule has 4 aliphatic rings. The molecule has 1 aromatic carbocycles. The van der Waals surface area contributed by atoms with Crippen LogP contribution in [0.4, 0.5) is 5.69 Å². The van der Waals surface area contributed by atoms with Crippen LogP contribution < -0.4 is 4.90 Å². The van der Waals surface area contributed by atoms with Crippen LogP contribution in [0, 0.1) is 0 Å². The SMILES string of the molecule is O=C(c1ccc(N2C=CC=C3OCC=C32)cc1)N1CCN(C(=O)C2(O)CC2)CC1. The summed E-state index contributed by atoms with van der Waals surface area (Å²) in [5.74, 6) is 0.630. The Hall–Kier alpha value is -3.06. The number of allylic oxidation sites excluding steroid dienone is 2. The van der Waals surface area contributed by atoms with E-state index in [0.29, 0.717) is 51.2 Å². The highest BCUT2D eigenvalue weighted by atomic mass is 16.5. The molecule has 0 unspecified atom stereocenters. The maximum atomic E-state index is 12.9. The van der Waals surface area contributed by atoms with Crippen LogP contribution in [0.2, 0.25) is 0 Å². The van der Waals surface area contributed by atoms with Crippen LogP contribution in [0.15, 0.2) is 60.1 Å². The average molecular weight is 393 g/mol. The lowest BCUT2D eigenvalue weighted by molar-refractivity contribution is -0.143. The summed E-state index contributed by atoms with van der Waals surface area (Å²) >= 11 is 0. The number of nitrogens with zero attached hydrogens (tertiary/aromatic N) is 3. The van der Waals surface area contributed by atoms with Crippen molar-refractivity contribution < 1.29 is 19.4 Å². The van der Waals surface area contributed by atoms with Gasteiger partial charge in [-0.3, -0.25) is 9.59 Å². The number of carbonyl (C=O) groups excluding carboxylic acids is 2. The molecule has 5 rings (SSSR count). The van der Waals surface area contributed by atoms with Gasteiger partial charge in [-0.2, -0.15) is 0 Å². The van der Waals surface area contributed by atoms with Crippen molar-refractivity contribution in [3.8, 4) is 0 Å². The van der Waals surface area contributed by atoms with Gasteiger partial charge in [-0.1, -0.05) is 0 Å². The standard InChI is InChI=1S/C22H23N3O4/c26-20(23-11-13-24(14-12-23)21(27)22(28)8-9-22)16-3-5-17(6-4-16)25-10-1-2-19-18(25)7-15-29-19/h1-7,10,28H,8-9,11-15H2. The molecule has 0 spiro atoms. The van der Waals surface area contributed by atoms with Crippen LogP contribution in [0.5, 0.6) is 0 Å². The van der Waals surface area contributed by atoms with Crippen LogP contribution in [-0.4, -0.2) is 65.1 Å². The number of fused-ring (bicyclic) bond motifs is 1. The van der Waals surface area contributed by atoms with Gasteiger partial charge in [-0.15, -0.1) is 0 Å². The van der Waals surface area contributed by atoms with Crippen LogP contribution in [-0.2, 0) is 9.53 Å². The van der Waals surface area contributed by atoms with Gasteiger partial charge in [0, 0.05) is 43.6 Å². The van der Waals surface area contributed by atoms with Gasteiger partial charge in [0.15, 0.2) is 0 Å². The summed E-state index contributed by atoms with van der Waals surface area (Å²) < 4.78 is 5.57. The minimum absolute atomic E-state index is 0.0352. The third-order valence-electron chi connectivity index (χ3n) is 5.88. The smallest absolute Gasteiger partial charge is 0.254 e. The Morgan fingerprint density at radius 3 is 2.38 bits per heavy atom. The molecule has 7 nitrogen and oxygen atoms in total. The van der Waals surface area contributed by atoms with E-state index in [1.54, 1.807) is 9.80 Å². The molecule has 2 amide bonds. The van der Waals surface area contributed by atoms with E-state index in [-0.39, 0.29) is 11.8 Å². The third-order valence-corrected chi connectivity index (χ3v) is 5.88. The Morgan fingerprint density at radius 1 is 1.00 bits per heavy atom. The zero-order valence-corrected chi connectivity index (χ0v) is 16.1. The van der Waals surface area contributed by atoms with Gasteiger partial charge in [0.2, 0.25) is 0 Å². The molecule has 0 aromatic heterocycles. The van der Waals surface area contributed by atoms with Gasteiger partial charge in [0.05, 0.1) is 5.70 Å². The summed E-state index contributed by atoms with van der Waals surface area (Å²) in [4.78, 5) is 30.6. The lowest BCUT2D eigenvalue weighted by Crippen LogP contribution is -2.53. The fourth-order valence-corrected chi connectivity index (χ4v) is 3.94. The van der Waals surface area contributed by atoms with E-state index in [1.807, 2.05) is 53.6 Å². The summed E-state index contributed by atoms with van der Waals surface area (Å²) in [6.07, 6.45) is 8.99. The molecule has 3 heterocycles. The molecule has 1 N–H and O–H groups in total. The summed E-state index contributed by atoms with van der Waals surface area (Å²) in [5, 5.41) is 10.00. The van der Waals surface area contributed by atoms with Gasteiger partial charge in [0.25, 0.3) is 11.8 Å². The number of benzene rings is 1. The van der Waals surface area contributed by atoms with Crippen LogP contribution in [0.1, 0.15) is 23.2 Å². The number of rotatable bonds is 3. The zero-order valence-electron chi connectivity index (χ0n) is 16.1. The summed E-state index contributed by atoms with van der Waals surface area (Å²) in [7, 11) is 0. The fourth-order valence-electron chi connectivity index (χ4n) is 3.94. The van der Waals surface area contributed by atoms with E-state index in [2.05, 4.69) is 0 Å². The highest BCUT2D eigenvalue weighted by Gasteiger charge is 2.50. The van der Waals surface area contributed by atoms with Crippen LogP contribution in [0.25, 0.3) is 0 Å². The van der Waals surface area contributed by atoms with Crippen molar-refractivity contribution in [3.05, 3.63) is 65.7 Å². The van der Waals surface area contributed by atoms with Crippen LogP contribution >= 0.6 is 0 Å². The van der Waals surface area contributed by atoms with Crippen molar-refractivity contribution in [1.82, 2.24) is 9.80 Å². The van der Waals surface area contributed by atoms with Crippen molar-refractivity contribution >= 4 is 17.5 Å². The first-order valence-electron chi connectivity index (χ1n) is 9.97. The monoisotopic (exact) mass is 393 g/mol. The first-order valence-corrected chi connectivity index (χ1v) is 9.97. The van der Waals surface area contributed by atoms with E-state index in [0.717, 1.165) is 17.1 Å². The molecule has 1 aliphatic carbocycles. The van der Waals surface area contributed by atoms with Crippen molar-refractivity contribution in [2.45, 2.75) is 18.4 Å². The second kappa shape index (κ2) is 6.77. The molecule has 1 saturated carbocycles.